The van der Waals surface area contributed by atoms with Crippen LogP contribution in [0.15, 0.2) is 18.2 Å². The predicted molar refractivity (Wildman–Crippen MR) is 83.8 cm³/mol. The van der Waals surface area contributed by atoms with Crippen molar-refractivity contribution in [2.24, 2.45) is 0 Å². The van der Waals surface area contributed by atoms with E-state index in [2.05, 4.69) is 10.3 Å². The van der Waals surface area contributed by atoms with E-state index in [0.717, 1.165) is 17.5 Å². The van der Waals surface area contributed by atoms with E-state index in [4.69, 9.17) is 16.3 Å². The van der Waals surface area contributed by atoms with Crippen molar-refractivity contribution in [2.75, 3.05) is 18.5 Å². The molecule has 0 fully saturated rings. The average Bonchev–Trinajstić information content (AvgIpc) is 2.40. The van der Waals surface area contributed by atoms with E-state index in [-0.39, 0.29) is 18.2 Å². The molecule has 110 valence electrons. The second-order valence-corrected chi connectivity index (χ2v) is 4.34. The Bertz CT molecular complexity index is 593. The van der Waals surface area contributed by atoms with Crippen molar-refractivity contribution in [3.8, 4) is 5.75 Å². The Kier molecular flexibility index (Phi) is 6.30. The van der Waals surface area contributed by atoms with Crippen LogP contribution in [-0.4, -0.2) is 18.1 Å². The number of aromatic nitrogens is 1. The molecule has 0 saturated carbocycles. The van der Waals surface area contributed by atoms with Gasteiger partial charge in [-0.2, -0.15) is 0 Å². The van der Waals surface area contributed by atoms with Crippen molar-refractivity contribution in [3.05, 3.63) is 29.6 Å². The van der Waals surface area contributed by atoms with Crippen LogP contribution in [0.25, 0.3) is 10.9 Å². The summed E-state index contributed by atoms with van der Waals surface area (Å²) in [5.41, 5.74) is 1.48. The molecule has 20 heavy (non-hydrogen) atoms. The number of pyridine rings is 1. The highest BCUT2D eigenvalue weighted by molar-refractivity contribution is 6.17. The molecule has 2 rings (SSSR count). The number of nitrogens with one attached hydrogen (secondary N) is 1. The molecule has 3 nitrogen and oxygen atoms in total. The maximum absolute atomic E-state index is 13.8. The minimum Gasteiger partial charge on any atom is -0.491 e. The second-order valence-electron chi connectivity index (χ2n) is 4.07. The number of anilines is 1. The Morgan fingerprint density at radius 3 is 2.65 bits per heavy atom. The van der Waals surface area contributed by atoms with Crippen molar-refractivity contribution in [1.29, 1.82) is 0 Å². The summed E-state index contributed by atoms with van der Waals surface area (Å²) >= 11 is 5.92. The first-order chi connectivity index (χ1) is 9.19. The summed E-state index contributed by atoms with van der Waals surface area (Å²) < 4.78 is 19.0. The fourth-order valence-corrected chi connectivity index (χ4v) is 2.11. The van der Waals surface area contributed by atoms with Crippen LogP contribution in [0, 0.1) is 5.82 Å². The van der Waals surface area contributed by atoms with E-state index in [1.165, 1.54) is 6.07 Å². The molecule has 6 heteroatoms. The Morgan fingerprint density at radius 1 is 1.30 bits per heavy atom. The van der Waals surface area contributed by atoms with Gasteiger partial charge in [-0.15, -0.1) is 24.0 Å². The maximum Gasteiger partial charge on any atom is 0.167 e. The molecule has 0 amide bonds. The molecule has 0 spiro atoms. The fraction of sp³-hybridized carbons (Fsp3) is 0.357. The van der Waals surface area contributed by atoms with Crippen molar-refractivity contribution in [1.82, 2.24) is 4.98 Å². The van der Waals surface area contributed by atoms with Gasteiger partial charge in [0.05, 0.1) is 18.0 Å². The lowest BCUT2D eigenvalue weighted by Crippen LogP contribution is -2.03. The maximum atomic E-state index is 13.8. The summed E-state index contributed by atoms with van der Waals surface area (Å²) in [4.78, 5) is 4.41. The van der Waals surface area contributed by atoms with E-state index in [1.54, 1.807) is 6.07 Å². The third kappa shape index (κ3) is 3.44. The third-order valence-electron chi connectivity index (χ3n) is 2.74. The molecule has 0 aliphatic carbocycles. The molecule has 0 aliphatic heterocycles. The summed E-state index contributed by atoms with van der Waals surface area (Å²) in [6.45, 7) is 4.96. The van der Waals surface area contributed by atoms with E-state index in [0.29, 0.717) is 23.8 Å². The lowest BCUT2D eigenvalue weighted by atomic mass is 10.1. The Balaban J connectivity index is 0.00000200. The largest absolute Gasteiger partial charge is 0.491 e. The van der Waals surface area contributed by atoms with Gasteiger partial charge in [-0.3, -0.25) is 0 Å². The van der Waals surface area contributed by atoms with Crippen LogP contribution < -0.4 is 10.1 Å². The predicted octanol–water partition coefficient (Wildman–Crippen LogP) is 4.37. The minimum atomic E-state index is -0.400. The highest BCUT2D eigenvalue weighted by Gasteiger charge is 2.10. The summed E-state index contributed by atoms with van der Waals surface area (Å²) in [5.74, 6) is 0.900. The van der Waals surface area contributed by atoms with Gasteiger partial charge in [0.2, 0.25) is 0 Å². The summed E-state index contributed by atoms with van der Waals surface area (Å²) in [6, 6.07) is 4.96. The van der Waals surface area contributed by atoms with Gasteiger partial charge < -0.3 is 10.1 Å². The van der Waals surface area contributed by atoms with Crippen LogP contribution in [0.4, 0.5) is 10.2 Å². The molecule has 0 atom stereocenters. The number of rotatable bonds is 5. The highest BCUT2D eigenvalue weighted by Crippen LogP contribution is 2.27. The molecule has 1 N–H and O–H groups in total. The molecule has 0 bridgehead atoms. The molecule has 1 aromatic heterocycles. The van der Waals surface area contributed by atoms with Gasteiger partial charge in [0.25, 0.3) is 0 Å². The zero-order valence-corrected chi connectivity index (χ0v) is 12.9. The Labute approximate surface area is 128 Å². The number of ether oxygens (including phenoxy) is 1. The lowest BCUT2D eigenvalue weighted by molar-refractivity contribution is 0.322. The van der Waals surface area contributed by atoms with E-state index < -0.39 is 5.82 Å². The summed E-state index contributed by atoms with van der Waals surface area (Å²) in [6.07, 6.45) is 0. The second kappa shape index (κ2) is 7.50. The van der Waals surface area contributed by atoms with Gasteiger partial charge in [0.1, 0.15) is 5.82 Å². The Morgan fingerprint density at radius 2 is 2.05 bits per heavy atom. The molecule has 0 aliphatic rings. The quantitative estimate of drug-likeness (QED) is 0.831. The molecule has 0 saturated heterocycles. The summed E-state index contributed by atoms with van der Waals surface area (Å²) in [5, 5.41) is 3.95. The number of benzene rings is 1. The number of hydrogen-bond acceptors (Lipinski definition) is 3. The first-order valence-electron chi connectivity index (χ1n) is 6.25. The van der Waals surface area contributed by atoms with Crippen LogP contribution >= 0.6 is 24.0 Å². The first-order valence-corrected chi connectivity index (χ1v) is 6.78. The molecule has 0 radical (unpaired) electrons. The van der Waals surface area contributed by atoms with Crippen molar-refractivity contribution in [2.45, 2.75) is 19.7 Å². The third-order valence-corrected chi connectivity index (χ3v) is 3.02. The number of halogens is 3. The van der Waals surface area contributed by atoms with Gasteiger partial charge >= 0.3 is 0 Å². The standard InChI is InChI=1S/C14H16ClFN2O.ClH/c1-3-17-14-10(8-15)5-9-6-13(19-4-2)11(16)7-12(9)18-14;/h5-7H,3-4,8H2,1-2H3,(H,17,18);1H. The zero-order valence-electron chi connectivity index (χ0n) is 11.4. The van der Waals surface area contributed by atoms with Gasteiger partial charge in [-0.05, 0) is 26.0 Å². The number of nitrogens with zero attached hydrogens (tertiary/aromatic N) is 1. The van der Waals surface area contributed by atoms with Crippen LogP contribution in [0.3, 0.4) is 0 Å². The van der Waals surface area contributed by atoms with E-state index in [9.17, 15) is 4.39 Å². The molecule has 2 aromatic rings. The zero-order chi connectivity index (χ0) is 13.8. The number of fused-ring (bicyclic) bond motifs is 1. The molecule has 1 aromatic carbocycles. The van der Waals surface area contributed by atoms with Crippen LogP contribution in [0.1, 0.15) is 19.4 Å². The normalized spacial score (nSPS) is 10.2. The first kappa shape index (κ1) is 16.8. The minimum absolute atomic E-state index is 0. The fourth-order valence-electron chi connectivity index (χ4n) is 1.91. The van der Waals surface area contributed by atoms with Crippen LogP contribution in [0.2, 0.25) is 0 Å². The average molecular weight is 319 g/mol. The van der Waals surface area contributed by atoms with Gasteiger partial charge in [-0.1, -0.05) is 0 Å². The van der Waals surface area contributed by atoms with Gasteiger partial charge in [0, 0.05) is 23.6 Å². The van der Waals surface area contributed by atoms with E-state index in [1.807, 2.05) is 19.9 Å². The van der Waals surface area contributed by atoms with Crippen molar-refractivity contribution in [3.63, 3.8) is 0 Å². The number of hydrogen-bond donors (Lipinski definition) is 1. The Hall–Kier alpha value is -1.26. The number of alkyl halides is 1. The van der Waals surface area contributed by atoms with Crippen molar-refractivity contribution < 1.29 is 9.13 Å². The molecule has 1 heterocycles. The van der Waals surface area contributed by atoms with E-state index >= 15 is 0 Å². The molecular formula is C14H17Cl2FN2O. The van der Waals surface area contributed by atoms with Gasteiger partial charge in [0.15, 0.2) is 11.6 Å². The van der Waals surface area contributed by atoms with Gasteiger partial charge in [-0.25, -0.2) is 9.37 Å². The highest BCUT2D eigenvalue weighted by atomic mass is 35.5. The van der Waals surface area contributed by atoms with Crippen LogP contribution in [-0.2, 0) is 5.88 Å². The topological polar surface area (TPSA) is 34.2 Å². The monoisotopic (exact) mass is 318 g/mol. The smallest absolute Gasteiger partial charge is 0.167 e. The van der Waals surface area contributed by atoms with Crippen LogP contribution in [0.5, 0.6) is 5.75 Å². The molecule has 0 unspecified atom stereocenters. The van der Waals surface area contributed by atoms with Crippen molar-refractivity contribution >= 4 is 40.7 Å². The summed E-state index contributed by atoms with van der Waals surface area (Å²) in [7, 11) is 0. The lowest BCUT2D eigenvalue weighted by Gasteiger charge is -2.11. The molecular weight excluding hydrogens is 302 g/mol. The SMILES string of the molecule is CCNc1nc2cc(F)c(OCC)cc2cc1CCl.Cl.